The van der Waals surface area contributed by atoms with Crippen LogP contribution in [0.5, 0.6) is 0 Å². The first kappa shape index (κ1) is 27.3. The number of carbonyl (C=O) groups is 1. The SMILES string of the molecule is Cc1ccc2c(c1N1CCC(N(C)C(=O)OC(C)(C)C)CC1)n(C)c(=O)n2COCC[Si](C)(C)C. The van der Waals surface area contributed by atoms with Crippen molar-refractivity contribution in [3.8, 4) is 0 Å². The number of hydrogen-bond acceptors (Lipinski definition) is 5. The van der Waals surface area contributed by atoms with E-state index in [0.717, 1.165) is 54.3 Å². The van der Waals surface area contributed by atoms with Crippen molar-refractivity contribution in [2.24, 2.45) is 7.05 Å². The molecule has 1 aliphatic rings. The van der Waals surface area contributed by atoms with E-state index in [4.69, 9.17) is 9.47 Å². The van der Waals surface area contributed by atoms with Crippen LogP contribution in [0, 0.1) is 6.92 Å². The Bertz CT molecular complexity index is 1100. The molecular formula is C26H44N4O4Si. The first-order chi connectivity index (χ1) is 16.2. The standard InChI is InChI=1S/C26H44N4O4Si/c1-19-10-11-21-23(28(6)24(31)30(21)18-33-16-17-35(7,8)9)22(19)29-14-12-20(13-15-29)27(5)25(32)34-26(2,3)4/h10-11,20H,12-18H2,1-9H3. The van der Waals surface area contributed by atoms with E-state index in [1.807, 2.05) is 40.9 Å². The van der Waals surface area contributed by atoms with Crippen molar-refractivity contribution in [1.82, 2.24) is 14.0 Å². The van der Waals surface area contributed by atoms with Gasteiger partial charge in [-0.2, -0.15) is 0 Å². The van der Waals surface area contributed by atoms with E-state index < -0.39 is 13.7 Å². The van der Waals surface area contributed by atoms with Gasteiger partial charge in [-0.1, -0.05) is 25.7 Å². The molecule has 0 N–H and O–H groups in total. The molecule has 196 valence electrons. The Balaban J connectivity index is 1.78. The maximum atomic E-state index is 13.1. The fraction of sp³-hybridized carbons (Fsp3) is 0.692. The maximum absolute atomic E-state index is 13.1. The molecule has 1 aromatic carbocycles. The number of benzene rings is 1. The number of carbonyl (C=O) groups excluding carboxylic acids is 1. The lowest BCUT2D eigenvalue weighted by molar-refractivity contribution is 0.0201. The molecule has 2 heterocycles. The number of piperidine rings is 1. The van der Waals surface area contributed by atoms with Gasteiger partial charge in [-0.15, -0.1) is 0 Å². The zero-order valence-electron chi connectivity index (χ0n) is 23.1. The molecule has 1 saturated heterocycles. The van der Waals surface area contributed by atoms with E-state index >= 15 is 0 Å². The van der Waals surface area contributed by atoms with Crippen LogP contribution >= 0.6 is 0 Å². The summed E-state index contributed by atoms with van der Waals surface area (Å²) in [5.41, 5.74) is 3.53. The van der Waals surface area contributed by atoms with E-state index in [9.17, 15) is 9.59 Å². The second-order valence-electron chi connectivity index (χ2n) is 12.0. The molecule has 1 aliphatic heterocycles. The Kier molecular flexibility index (Phi) is 8.11. The molecule has 0 unspecified atom stereocenters. The molecule has 0 atom stereocenters. The molecule has 0 spiro atoms. The van der Waals surface area contributed by atoms with Gasteiger partial charge in [0.1, 0.15) is 12.3 Å². The molecule has 9 heteroatoms. The number of imidazole rings is 1. The van der Waals surface area contributed by atoms with Crippen molar-refractivity contribution in [3.05, 3.63) is 28.2 Å². The third kappa shape index (κ3) is 6.49. The number of fused-ring (bicyclic) bond motifs is 1. The smallest absolute Gasteiger partial charge is 0.410 e. The summed E-state index contributed by atoms with van der Waals surface area (Å²) in [6.45, 7) is 17.3. The van der Waals surface area contributed by atoms with Crippen LogP contribution in [0.1, 0.15) is 39.2 Å². The minimum absolute atomic E-state index is 0.0561. The highest BCUT2D eigenvalue weighted by Crippen LogP contribution is 2.33. The van der Waals surface area contributed by atoms with Crippen LogP contribution in [0.15, 0.2) is 16.9 Å². The first-order valence-electron chi connectivity index (χ1n) is 12.7. The van der Waals surface area contributed by atoms with Crippen molar-refractivity contribution in [1.29, 1.82) is 0 Å². The lowest BCUT2D eigenvalue weighted by Gasteiger charge is -2.39. The van der Waals surface area contributed by atoms with Crippen molar-refractivity contribution in [3.63, 3.8) is 0 Å². The van der Waals surface area contributed by atoms with Gasteiger partial charge < -0.3 is 19.3 Å². The molecule has 0 bridgehead atoms. The van der Waals surface area contributed by atoms with Gasteiger partial charge >= 0.3 is 11.8 Å². The molecule has 2 aromatic rings. The van der Waals surface area contributed by atoms with Gasteiger partial charge in [0.25, 0.3) is 0 Å². The third-order valence-corrected chi connectivity index (χ3v) is 8.41. The van der Waals surface area contributed by atoms with Crippen LogP contribution in [-0.2, 0) is 23.3 Å². The van der Waals surface area contributed by atoms with Crippen LogP contribution in [-0.4, -0.2) is 66.6 Å². The molecule has 8 nitrogen and oxygen atoms in total. The number of amides is 1. The molecular weight excluding hydrogens is 460 g/mol. The summed E-state index contributed by atoms with van der Waals surface area (Å²) in [5.74, 6) is 0. The summed E-state index contributed by atoms with van der Waals surface area (Å²) in [6, 6.07) is 5.33. The average molecular weight is 505 g/mol. The van der Waals surface area contributed by atoms with Gasteiger partial charge in [-0.05, 0) is 58.2 Å². The van der Waals surface area contributed by atoms with Crippen LogP contribution in [0.2, 0.25) is 25.7 Å². The summed E-state index contributed by atoms with van der Waals surface area (Å²) >= 11 is 0. The monoisotopic (exact) mass is 504 g/mol. The predicted octanol–water partition coefficient (Wildman–Crippen LogP) is 4.80. The number of nitrogens with zero attached hydrogens (tertiary/aromatic N) is 4. The fourth-order valence-corrected chi connectivity index (χ4v) is 5.37. The van der Waals surface area contributed by atoms with Crippen molar-refractivity contribution in [2.75, 3.05) is 31.6 Å². The number of rotatable bonds is 7. The quantitative estimate of drug-likeness (QED) is 0.400. The minimum Gasteiger partial charge on any atom is -0.444 e. The van der Waals surface area contributed by atoms with Gasteiger partial charge in [0, 0.05) is 47.9 Å². The molecule has 3 rings (SSSR count). The molecule has 1 fully saturated rings. The predicted molar refractivity (Wildman–Crippen MR) is 145 cm³/mol. The molecule has 35 heavy (non-hydrogen) atoms. The largest absolute Gasteiger partial charge is 0.444 e. The van der Waals surface area contributed by atoms with E-state index in [-0.39, 0.29) is 24.6 Å². The highest BCUT2D eigenvalue weighted by molar-refractivity contribution is 6.76. The van der Waals surface area contributed by atoms with Crippen LogP contribution in [0.4, 0.5) is 10.5 Å². The van der Waals surface area contributed by atoms with Crippen LogP contribution in [0.25, 0.3) is 11.0 Å². The summed E-state index contributed by atoms with van der Waals surface area (Å²) in [5, 5.41) is 0. The number of aromatic nitrogens is 2. The number of anilines is 1. The summed E-state index contributed by atoms with van der Waals surface area (Å²) < 4.78 is 15.0. The third-order valence-electron chi connectivity index (χ3n) is 6.70. The molecule has 0 saturated carbocycles. The highest BCUT2D eigenvalue weighted by atomic mass is 28.3. The highest BCUT2D eigenvalue weighted by Gasteiger charge is 2.30. The number of ether oxygens (including phenoxy) is 2. The molecule has 0 radical (unpaired) electrons. The lowest BCUT2D eigenvalue weighted by Crippen LogP contribution is -2.47. The molecule has 0 aliphatic carbocycles. The van der Waals surface area contributed by atoms with E-state index in [0.29, 0.717) is 6.61 Å². The van der Waals surface area contributed by atoms with Gasteiger partial charge in [0.05, 0.1) is 16.7 Å². The van der Waals surface area contributed by atoms with Crippen LogP contribution < -0.4 is 10.6 Å². The Morgan fingerprint density at radius 3 is 2.37 bits per heavy atom. The normalized spacial score (nSPS) is 15.6. The fourth-order valence-electron chi connectivity index (χ4n) is 4.62. The van der Waals surface area contributed by atoms with Gasteiger partial charge in [0.2, 0.25) is 0 Å². The first-order valence-corrected chi connectivity index (χ1v) is 16.4. The molecule has 1 amide bonds. The minimum atomic E-state index is -1.19. The Morgan fingerprint density at radius 2 is 1.80 bits per heavy atom. The van der Waals surface area contributed by atoms with Crippen molar-refractivity contribution >= 4 is 30.9 Å². The van der Waals surface area contributed by atoms with E-state index in [1.165, 1.54) is 0 Å². The number of hydrogen-bond donors (Lipinski definition) is 0. The molecule has 1 aromatic heterocycles. The van der Waals surface area contributed by atoms with E-state index in [1.54, 1.807) is 14.0 Å². The van der Waals surface area contributed by atoms with Gasteiger partial charge in [0.15, 0.2) is 0 Å². The van der Waals surface area contributed by atoms with Crippen molar-refractivity contribution < 1.29 is 14.3 Å². The zero-order chi connectivity index (χ0) is 26.1. The maximum Gasteiger partial charge on any atom is 0.410 e. The topological polar surface area (TPSA) is 68.9 Å². The lowest BCUT2D eigenvalue weighted by atomic mass is 10.0. The van der Waals surface area contributed by atoms with E-state index in [2.05, 4.69) is 37.5 Å². The van der Waals surface area contributed by atoms with Crippen LogP contribution in [0.3, 0.4) is 0 Å². The average Bonchev–Trinajstić information content (AvgIpc) is 2.99. The number of aryl methyl sites for hydroxylation is 2. The summed E-state index contributed by atoms with van der Waals surface area (Å²) in [6.07, 6.45) is 1.42. The summed E-state index contributed by atoms with van der Waals surface area (Å²) in [7, 11) is 2.48. The van der Waals surface area contributed by atoms with Gasteiger partial charge in [-0.25, -0.2) is 9.59 Å². The zero-order valence-corrected chi connectivity index (χ0v) is 24.1. The Hall–Kier alpha value is -2.26. The summed E-state index contributed by atoms with van der Waals surface area (Å²) in [4.78, 5) is 29.7. The second kappa shape index (κ2) is 10.4. The second-order valence-corrected chi connectivity index (χ2v) is 17.6. The van der Waals surface area contributed by atoms with Gasteiger partial charge in [-0.3, -0.25) is 9.13 Å². The Morgan fingerprint density at radius 1 is 1.17 bits per heavy atom. The Labute approximate surface area is 210 Å². The van der Waals surface area contributed by atoms with Crippen molar-refractivity contribution in [2.45, 2.75) is 84.6 Å².